The second-order valence-electron chi connectivity index (χ2n) is 2.94. The van der Waals surface area contributed by atoms with Gasteiger partial charge >= 0.3 is 0 Å². The van der Waals surface area contributed by atoms with Crippen molar-refractivity contribution in [2.24, 2.45) is 0 Å². The van der Waals surface area contributed by atoms with Gasteiger partial charge in [-0.25, -0.2) is 5.10 Å². The standard InChI is InChI=1S/C11H7ClN2O/c12-5-1-2-8-3-4-10-9(6-8)7-13-14-11(10)15/h3-4,6-7H,5H2,(H,14,15). The fourth-order valence-corrected chi connectivity index (χ4v) is 1.38. The highest BCUT2D eigenvalue weighted by atomic mass is 35.5. The molecule has 0 aliphatic rings. The molecule has 15 heavy (non-hydrogen) atoms. The normalized spacial score (nSPS) is 9.67. The van der Waals surface area contributed by atoms with Gasteiger partial charge in [0, 0.05) is 10.9 Å². The number of nitrogens with zero attached hydrogens (tertiary/aromatic N) is 1. The van der Waals surface area contributed by atoms with Gasteiger partial charge in [0.2, 0.25) is 0 Å². The topological polar surface area (TPSA) is 45.8 Å². The predicted octanol–water partition coefficient (Wildman–Crippen LogP) is 1.51. The van der Waals surface area contributed by atoms with E-state index in [-0.39, 0.29) is 5.56 Å². The average molecular weight is 219 g/mol. The first-order valence-corrected chi connectivity index (χ1v) is 4.87. The molecule has 0 aliphatic carbocycles. The summed E-state index contributed by atoms with van der Waals surface area (Å²) in [6, 6.07) is 5.34. The van der Waals surface area contributed by atoms with E-state index in [0.29, 0.717) is 11.3 Å². The highest BCUT2D eigenvalue weighted by molar-refractivity contribution is 6.19. The minimum Gasteiger partial charge on any atom is -0.267 e. The summed E-state index contributed by atoms with van der Waals surface area (Å²) in [5.74, 6) is 5.93. The van der Waals surface area contributed by atoms with Crippen molar-refractivity contribution in [2.45, 2.75) is 0 Å². The molecule has 0 fully saturated rings. The number of aromatic nitrogens is 2. The number of fused-ring (bicyclic) bond motifs is 1. The zero-order chi connectivity index (χ0) is 10.7. The number of aromatic amines is 1. The number of benzene rings is 1. The maximum atomic E-state index is 11.3. The molecular weight excluding hydrogens is 212 g/mol. The third-order valence-electron chi connectivity index (χ3n) is 1.97. The summed E-state index contributed by atoms with van der Waals surface area (Å²) in [5, 5.41) is 7.49. The summed E-state index contributed by atoms with van der Waals surface area (Å²) < 4.78 is 0. The van der Waals surface area contributed by atoms with Crippen LogP contribution in [0, 0.1) is 11.8 Å². The minimum atomic E-state index is -0.190. The van der Waals surface area contributed by atoms with Crippen LogP contribution in [0.4, 0.5) is 0 Å². The van der Waals surface area contributed by atoms with Gasteiger partial charge in [0.15, 0.2) is 0 Å². The number of hydrogen-bond acceptors (Lipinski definition) is 2. The maximum Gasteiger partial charge on any atom is 0.272 e. The van der Waals surface area contributed by atoms with Crippen molar-refractivity contribution < 1.29 is 0 Å². The highest BCUT2D eigenvalue weighted by Crippen LogP contribution is 2.09. The van der Waals surface area contributed by atoms with Crippen molar-refractivity contribution in [3.8, 4) is 11.8 Å². The average Bonchev–Trinajstić information content (AvgIpc) is 2.26. The first-order chi connectivity index (χ1) is 7.31. The Kier molecular flexibility index (Phi) is 2.70. The second-order valence-corrected chi connectivity index (χ2v) is 3.20. The Labute approximate surface area is 91.1 Å². The van der Waals surface area contributed by atoms with Crippen molar-refractivity contribution >= 4 is 22.4 Å². The Morgan fingerprint density at radius 1 is 1.47 bits per heavy atom. The van der Waals surface area contributed by atoms with Crippen LogP contribution in [0.2, 0.25) is 0 Å². The fraction of sp³-hybridized carbons (Fsp3) is 0.0909. The SMILES string of the molecule is O=c1[nH]ncc2cc(C#CCCl)ccc12. The number of rotatable bonds is 0. The first kappa shape index (κ1) is 9.75. The van der Waals surface area contributed by atoms with Crippen LogP contribution in [-0.2, 0) is 0 Å². The second kappa shape index (κ2) is 4.16. The third kappa shape index (κ3) is 2.00. The Hall–Kier alpha value is -1.79. The largest absolute Gasteiger partial charge is 0.272 e. The summed E-state index contributed by atoms with van der Waals surface area (Å²) in [7, 11) is 0. The number of H-pyrrole nitrogens is 1. The van der Waals surface area contributed by atoms with E-state index >= 15 is 0 Å². The van der Waals surface area contributed by atoms with Crippen molar-refractivity contribution in [1.82, 2.24) is 10.2 Å². The van der Waals surface area contributed by atoms with E-state index in [9.17, 15) is 4.79 Å². The van der Waals surface area contributed by atoms with E-state index in [1.54, 1.807) is 18.3 Å². The molecule has 2 aromatic rings. The molecule has 0 radical (unpaired) electrons. The van der Waals surface area contributed by atoms with Crippen LogP contribution in [0.3, 0.4) is 0 Å². The Balaban J connectivity index is 2.62. The molecule has 1 aromatic heterocycles. The van der Waals surface area contributed by atoms with E-state index in [4.69, 9.17) is 11.6 Å². The van der Waals surface area contributed by atoms with Crippen LogP contribution in [0.25, 0.3) is 10.8 Å². The van der Waals surface area contributed by atoms with Crippen molar-refractivity contribution in [3.05, 3.63) is 40.3 Å². The quantitative estimate of drug-likeness (QED) is 0.538. The number of alkyl halides is 1. The molecule has 0 atom stereocenters. The van der Waals surface area contributed by atoms with Gasteiger partial charge in [-0.2, -0.15) is 5.10 Å². The lowest BCUT2D eigenvalue weighted by Crippen LogP contribution is -2.07. The lowest BCUT2D eigenvalue weighted by molar-refractivity contribution is 1.01. The lowest BCUT2D eigenvalue weighted by atomic mass is 10.1. The fourth-order valence-electron chi connectivity index (χ4n) is 1.31. The molecule has 0 spiro atoms. The molecule has 2 rings (SSSR count). The van der Waals surface area contributed by atoms with Crippen molar-refractivity contribution in [2.75, 3.05) is 5.88 Å². The molecule has 1 heterocycles. The van der Waals surface area contributed by atoms with Crippen molar-refractivity contribution in [3.63, 3.8) is 0 Å². The summed E-state index contributed by atoms with van der Waals surface area (Å²) in [4.78, 5) is 11.3. The monoisotopic (exact) mass is 218 g/mol. The highest BCUT2D eigenvalue weighted by Gasteiger charge is 1.98. The van der Waals surface area contributed by atoms with Gasteiger partial charge in [0.05, 0.1) is 17.5 Å². The van der Waals surface area contributed by atoms with E-state index in [2.05, 4.69) is 22.0 Å². The van der Waals surface area contributed by atoms with Crippen LogP contribution < -0.4 is 5.56 Å². The van der Waals surface area contributed by atoms with Crippen LogP contribution in [-0.4, -0.2) is 16.1 Å². The molecule has 0 unspecified atom stereocenters. The molecule has 4 heteroatoms. The first-order valence-electron chi connectivity index (χ1n) is 4.33. The number of halogens is 1. The summed E-state index contributed by atoms with van der Waals surface area (Å²) >= 11 is 5.45. The number of nitrogens with one attached hydrogen (secondary N) is 1. The van der Waals surface area contributed by atoms with E-state index in [1.807, 2.05) is 6.07 Å². The molecule has 0 aliphatic heterocycles. The van der Waals surface area contributed by atoms with Crippen molar-refractivity contribution in [1.29, 1.82) is 0 Å². The van der Waals surface area contributed by atoms with Gasteiger partial charge < -0.3 is 0 Å². The van der Waals surface area contributed by atoms with Gasteiger partial charge in [-0.15, -0.1) is 11.6 Å². The van der Waals surface area contributed by atoms with Gasteiger partial charge in [-0.3, -0.25) is 4.79 Å². The minimum absolute atomic E-state index is 0.190. The summed E-state index contributed by atoms with van der Waals surface area (Å²) in [5.41, 5.74) is 0.639. The number of hydrogen-bond donors (Lipinski definition) is 1. The van der Waals surface area contributed by atoms with Crippen LogP contribution in [0.5, 0.6) is 0 Å². The summed E-state index contributed by atoms with van der Waals surface area (Å²) in [6.45, 7) is 0. The van der Waals surface area contributed by atoms with Crippen LogP contribution in [0.15, 0.2) is 29.2 Å². The van der Waals surface area contributed by atoms with E-state index in [0.717, 1.165) is 10.9 Å². The summed E-state index contributed by atoms with van der Waals surface area (Å²) in [6.07, 6.45) is 1.60. The molecule has 0 saturated carbocycles. The molecule has 0 bridgehead atoms. The molecule has 1 aromatic carbocycles. The van der Waals surface area contributed by atoms with Gasteiger partial charge in [0.1, 0.15) is 0 Å². The van der Waals surface area contributed by atoms with E-state index < -0.39 is 0 Å². The molecule has 74 valence electrons. The molecule has 0 amide bonds. The zero-order valence-corrected chi connectivity index (χ0v) is 8.51. The molecular formula is C11H7ClN2O. The zero-order valence-electron chi connectivity index (χ0n) is 7.75. The smallest absolute Gasteiger partial charge is 0.267 e. The predicted molar refractivity (Wildman–Crippen MR) is 60.0 cm³/mol. The van der Waals surface area contributed by atoms with Crippen LogP contribution >= 0.6 is 11.6 Å². The molecule has 0 saturated heterocycles. The maximum absolute atomic E-state index is 11.3. The van der Waals surface area contributed by atoms with Crippen LogP contribution in [0.1, 0.15) is 5.56 Å². The Morgan fingerprint density at radius 3 is 3.13 bits per heavy atom. The van der Waals surface area contributed by atoms with E-state index in [1.165, 1.54) is 0 Å². The third-order valence-corrected chi connectivity index (χ3v) is 2.10. The Morgan fingerprint density at radius 2 is 2.33 bits per heavy atom. The van der Waals surface area contributed by atoms with Gasteiger partial charge in [0.25, 0.3) is 5.56 Å². The van der Waals surface area contributed by atoms with Gasteiger partial charge in [-0.05, 0) is 18.2 Å². The molecule has 1 N–H and O–H groups in total. The molecule has 3 nitrogen and oxygen atoms in total. The van der Waals surface area contributed by atoms with Gasteiger partial charge in [-0.1, -0.05) is 11.8 Å². The Bertz CT molecular complexity index is 607. The lowest BCUT2D eigenvalue weighted by Gasteiger charge is -1.95.